The first-order valence-electron chi connectivity index (χ1n) is 4.62. The van der Waals surface area contributed by atoms with Crippen LogP contribution in [0.2, 0.25) is 0 Å². The highest BCUT2D eigenvalue weighted by molar-refractivity contribution is 5.99. The zero-order chi connectivity index (χ0) is 9.26. The molecule has 0 aromatic carbocycles. The fraction of sp³-hybridized carbons (Fsp3) is 0.500. The first-order valence-corrected chi connectivity index (χ1v) is 4.62. The smallest absolute Gasteiger partial charge is 0.167 e. The van der Waals surface area contributed by atoms with E-state index in [1.165, 1.54) is 0 Å². The zero-order valence-electron chi connectivity index (χ0n) is 7.44. The summed E-state index contributed by atoms with van der Waals surface area (Å²) >= 11 is 0. The summed E-state index contributed by atoms with van der Waals surface area (Å²) in [6.07, 6.45) is 5.75. The fourth-order valence-corrected chi connectivity index (χ4v) is 1.42. The summed E-state index contributed by atoms with van der Waals surface area (Å²) in [5, 5.41) is 8.68. The van der Waals surface area contributed by atoms with E-state index in [0.29, 0.717) is 6.54 Å². The number of hydrogen-bond acceptors (Lipinski definition) is 2. The fourth-order valence-electron chi connectivity index (χ4n) is 1.42. The van der Waals surface area contributed by atoms with E-state index in [2.05, 4.69) is 0 Å². The molecule has 0 amide bonds. The molecular weight excluding hydrogens is 166 g/mol. The Labute approximate surface area is 77.0 Å². The lowest BCUT2D eigenvalue weighted by Gasteiger charge is -1.96. The van der Waals surface area contributed by atoms with Crippen LogP contribution in [0.4, 0.5) is 0 Å². The van der Waals surface area contributed by atoms with Gasteiger partial charge in [0, 0.05) is 30.4 Å². The van der Waals surface area contributed by atoms with E-state index in [0.717, 1.165) is 18.4 Å². The second-order valence-corrected chi connectivity index (χ2v) is 3.50. The molecule has 1 heterocycles. The summed E-state index contributed by atoms with van der Waals surface area (Å²) in [5.41, 5.74) is 0.788. The van der Waals surface area contributed by atoms with Gasteiger partial charge in [-0.25, -0.2) is 0 Å². The van der Waals surface area contributed by atoms with E-state index in [1.807, 2.05) is 23.0 Å². The van der Waals surface area contributed by atoms with Gasteiger partial charge in [0.05, 0.1) is 6.61 Å². The third-order valence-electron chi connectivity index (χ3n) is 2.34. The minimum absolute atomic E-state index is 0.117. The standard InChI is InChI=1S/C10H13NO2/c12-6-5-11-4-3-9(7-11)10(13)8-1-2-8/h3-4,7-8,12H,1-2,5-6H2. The first kappa shape index (κ1) is 8.51. The molecule has 0 bridgehead atoms. The van der Waals surface area contributed by atoms with E-state index in [4.69, 9.17) is 5.11 Å². The average molecular weight is 179 g/mol. The van der Waals surface area contributed by atoms with Crippen LogP contribution in [0.25, 0.3) is 0 Å². The van der Waals surface area contributed by atoms with E-state index in [1.54, 1.807) is 0 Å². The molecule has 0 atom stereocenters. The quantitative estimate of drug-likeness (QED) is 0.702. The van der Waals surface area contributed by atoms with Crippen molar-refractivity contribution in [3.05, 3.63) is 24.0 Å². The molecule has 1 aliphatic rings. The lowest BCUT2D eigenvalue weighted by molar-refractivity contribution is 0.0967. The largest absolute Gasteiger partial charge is 0.395 e. The van der Waals surface area contributed by atoms with Crippen LogP contribution in [0.5, 0.6) is 0 Å². The Hall–Kier alpha value is -1.09. The third-order valence-corrected chi connectivity index (χ3v) is 2.34. The van der Waals surface area contributed by atoms with Crippen LogP contribution in [-0.2, 0) is 6.54 Å². The topological polar surface area (TPSA) is 42.2 Å². The molecule has 1 saturated carbocycles. The van der Waals surface area contributed by atoms with Crippen LogP contribution < -0.4 is 0 Å². The van der Waals surface area contributed by atoms with Gasteiger partial charge in [0.25, 0.3) is 0 Å². The molecule has 1 aliphatic carbocycles. The molecule has 70 valence electrons. The van der Waals surface area contributed by atoms with Crippen LogP contribution in [0.15, 0.2) is 18.5 Å². The average Bonchev–Trinajstić information content (AvgIpc) is 2.87. The molecule has 0 radical (unpaired) electrons. The van der Waals surface area contributed by atoms with Crippen LogP contribution in [0.3, 0.4) is 0 Å². The van der Waals surface area contributed by atoms with Crippen molar-refractivity contribution in [3.8, 4) is 0 Å². The van der Waals surface area contributed by atoms with Crippen LogP contribution in [0, 0.1) is 5.92 Å². The molecule has 1 N–H and O–H groups in total. The number of carbonyl (C=O) groups excluding carboxylic acids is 1. The summed E-state index contributed by atoms with van der Waals surface area (Å²) in [6.45, 7) is 0.684. The maximum Gasteiger partial charge on any atom is 0.167 e. The second kappa shape index (κ2) is 3.34. The van der Waals surface area contributed by atoms with Gasteiger partial charge in [0.1, 0.15) is 0 Å². The molecule has 3 heteroatoms. The molecule has 3 nitrogen and oxygen atoms in total. The highest BCUT2D eigenvalue weighted by Gasteiger charge is 2.30. The molecule has 1 aromatic rings. The van der Waals surface area contributed by atoms with Gasteiger partial charge in [0.15, 0.2) is 5.78 Å². The van der Waals surface area contributed by atoms with Crippen LogP contribution in [0.1, 0.15) is 23.2 Å². The molecule has 2 rings (SSSR count). The number of aliphatic hydroxyl groups excluding tert-OH is 1. The summed E-state index contributed by atoms with van der Waals surface area (Å²) in [7, 11) is 0. The Kier molecular flexibility index (Phi) is 2.19. The zero-order valence-corrected chi connectivity index (χ0v) is 7.44. The number of Topliss-reactive ketones (excluding diaryl/α,β-unsaturated/α-hetero) is 1. The minimum Gasteiger partial charge on any atom is -0.395 e. The molecule has 13 heavy (non-hydrogen) atoms. The molecular formula is C10H13NO2. The lowest BCUT2D eigenvalue weighted by Crippen LogP contribution is -2.01. The van der Waals surface area contributed by atoms with E-state index < -0.39 is 0 Å². The first-order chi connectivity index (χ1) is 6.31. The minimum atomic E-state index is 0.117. The van der Waals surface area contributed by atoms with Gasteiger partial charge < -0.3 is 9.67 Å². The van der Waals surface area contributed by atoms with Gasteiger partial charge in [-0.05, 0) is 18.9 Å². The second-order valence-electron chi connectivity index (χ2n) is 3.50. The van der Waals surface area contributed by atoms with Gasteiger partial charge in [-0.2, -0.15) is 0 Å². The summed E-state index contributed by atoms with van der Waals surface area (Å²) < 4.78 is 1.84. The maximum absolute atomic E-state index is 11.5. The van der Waals surface area contributed by atoms with Crippen molar-refractivity contribution in [1.29, 1.82) is 0 Å². The van der Waals surface area contributed by atoms with Crippen molar-refractivity contribution in [2.45, 2.75) is 19.4 Å². The highest BCUT2D eigenvalue weighted by Crippen LogP contribution is 2.32. The van der Waals surface area contributed by atoms with Gasteiger partial charge in [0.2, 0.25) is 0 Å². The number of nitrogens with zero attached hydrogens (tertiary/aromatic N) is 1. The number of hydrogen-bond donors (Lipinski definition) is 1. The van der Waals surface area contributed by atoms with Crippen molar-refractivity contribution in [1.82, 2.24) is 4.57 Å². The van der Waals surface area contributed by atoms with Crippen molar-refractivity contribution in [2.75, 3.05) is 6.61 Å². The monoisotopic (exact) mass is 179 g/mol. The predicted molar refractivity (Wildman–Crippen MR) is 48.6 cm³/mol. The Bertz CT molecular complexity index is 312. The van der Waals surface area contributed by atoms with E-state index >= 15 is 0 Å². The van der Waals surface area contributed by atoms with Gasteiger partial charge >= 0.3 is 0 Å². The van der Waals surface area contributed by atoms with E-state index in [-0.39, 0.29) is 18.3 Å². The Morgan fingerprint density at radius 1 is 1.62 bits per heavy atom. The molecule has 0 spiro atoms. The van der Waals surface area contributed by atoms with Gasteiger partial charge in [-0.15, -0.1) is 0 Å². The SMILES string of the molecule is O=C(c1ccn(CCO)c1)C1CC1. The molecule has 0 aliphatic heterocycles. The summed E-state index contributed by atoms with van der Waals surface area (Å²) in [6, 6.07) is 1.83. The number of ketones is 1. The predicted octanol–water partition coefficient (Wildman–Crippen LogP) is 1.07. The number of rotatable bonds is 4. The van der Waals surface area contributed by atoms with Crippen LogP contribution in [-0.4, -0.2) is 22.1 Å². The highest BCUT2D eigenvalue weighted by atomic mass is 16.3. The molecule has 0 saturated heterocycles. The number of carbonyl (C=O) groups is 1. The van der Waals surface area contributed by atoms with Crippen molar-refractivity contribution >= 4 is 5.78 Å². The molecule has 1 fully saturated rings. The Morgan fingerprint density at radius 2 is 2.38 bits per heavy atom. The lowest BCUT2D eigenvalue weighted by atomic mass is 10.1. The van der Waals surface area contributed by atoms with Gasteiger partial charge in [-0.3, -0.25) is 4.79 Å². The van der Waals surface area contributed by atoms with Crippen molar-refractivity contribution in [2.24, 2.45) is 5.92 Å². The number of aliphatic hydroxyl groups is 1. The van der Waals surface area contributed by atoms with Crippen molar-refractivity contribution in [3.63, 3.8) is 0 Å². The van der Waals surface area contributed by atoms with E-state index in [9.17, 15) is 4.79 Å². The summed E-state index contributed by atoms with van der Waals surface area (Å²) in [5.74, 6) is 0.543. The number of aromatic nitrogens is 1. The normalized spacial score (nSPS) is 16.1. The van der Waals surface area contributed by atoms with Crippen molar-refractivity contribution < 1.29 is 9.90 Å². The Morgan fingerprint density at radius 3 is 3.00 bits per heavy atom. The summed E-state index contributed by atoms with van der Waals surface area (Å²) in [4.78, 5) is 11.5. The molecule has 1 aromatic heterocycles. The maximum atomic E-state index is 11.5. The third kappa shape index (κ3) is 1.80. The van der Waals surface area contributed by atoms with Gasteiger partial charge in [-0.1, -0.05) is 0 Å². The molecule has 0 unspecified atom stereocenters. The Balaban J connectivity index is 2.07. The van der Waals surface area contributed by atoms with Crippen LogP contribution >= 0.6 is 0 Å².